The largest absolute Gasteiger partial charge is 0.357 e. The molecule has 23 heavy (non-hydrogen) atoms. The minimum absolute atomic E-state index is 0. The molecule has 0 heterocycles. The van der Waals surface area contributed by atoms with Crippen LogP contribution >= 0.6 is 24.0 Å². The quantitative estimate of drug-likeness (QED) is 0.276. The van der Waals surface area contributed by atoms with Gasteiger partial charge >= 0.3 is 0 Å². The van der Waals surface area contributed by atoms with Gasteiger partial charge in [-0.05, 0) is 25.5 Å². The summed E-state index contributed by atoms with van der Waals surface area (Å²) in [6.45, 7) is 8.75. The molecule has 130 valence electrons. The molecule has 1 rings (SSSR count). The third kappa shape index (κ3) is 7.83. The summed E-state index contributed by atoms with van der Waals surface area (Å²) in [5.41, 5.74) is 0. The van der Waals surface area contributed by atoms with Gasteiger partial charge in [-0.1, -0.05) is 31.2 Å². The van der Waals surface area contributed by atoms with E-state index in [1.807, 2.05) is 13.8 Å². The summed E-state index contributed by atoms with van der Waals surface area (Å²) in [4.78, 5) is 4.65. The maximum atomic E-state index is 12.4. The summed E-state index contributed by atoms with van der Waals surface area (Å²) < 4.78 is 24.9. The molecule has 1 aromatic carbocycles. The number of guanidine groups is 1. The van der Waals surface area contributed by atoms with Gasteiger partial charge in [0.25, 0.3) is 0 Å². The van der Waals surface area contributed by atoms with Crippen molar-refractivity contribution in [2.75, 3.05) is 18.8 Å². The Morgan fingerprint density at radius 2 is 1.96 bits per heavy atom. The Morgan fingerprint density at radius 1 is 1.30 bits per heavy atom. The van der Waals surface area contributed by atoms with Gasteiger partial charge < -0.3 is 10.6 Å². The molecule has 0 saturated heterocycles. The monoisotopic (exact) mass is 451 g/mol. The Balaban J connectivity index is 0.00000484. The van der Waals surface area contributed by atoms with E-state index in [0.29, 0.717) is 30.4 Å². The number of hydrogen-bond acceptors (Lipinski definition) is 3. The molecule has 5 nitrogen and oxygen atoms in total. The van der Waals surface area contributed by atoms with E-state index >= 15 is 0 Å². The predicted molar refractivity (Wildman–Crippen MR) is 107 cm³/mol. The molecule has 0 spiro atoms. The van der Waals surface area contributed by atoms with Crippen LogP contribution in [0.5, 0.6) is 0 Å². The zero-order chi connectivity index (χ0) is 16.4. The van der Waals surface area contributed by atoms with Gasteiger partial charge in [0.05, 0.1) is 17.2 Å². The molecule has 0 aliphatic carbocycles. The van der Waals surface area contributed by atoms with Gasteiger partial charge in [-0.3, -0.25) is 0 Å². The van der Waals surface area contributed by atoms with Crippen molar-refractivity contribution in [2.45, 2.75) is 31.2 Å². The van der Waals surface area contributed by atoms with E-state index < -0.39 is 9.84 Å². The second-order valence-electron chi connectivity index (χ2n) is 4.85. The molecular formula is C16H26IN3O2S. The summed E-state index contributed by atoms with van der Waals surface area (Å²) in [6, 6.07) is 8.32. The Morgan fingerprint density at radius 3 is 2.48 bits per heavy atom. The van der Waals surface area contributed by atoms with Crippen LogP contribution in [0.2, 0.25) is 0 Å². The van der Waals surface area contributed by atoms with Crippen LogP contribution in [0.4, 0.5) is 0 Å². The number of benzene rings is 1. The summed E-state index contributed by atoms with van der Waals surface area (Å²) in [5.74, 6) is 0.643. The lowest BCUT2D eigenvalue weighted by atomic mass is 10.3. The van der Waals surface area contributed by atoms with Gasteiger partial charge in [-0.2, -0.15) is 0 Å². The molecule has 1 aromatic rings. The summed E-state index contributed by atoms with van der Waals surface area (Å²) in [5, 5.41) is 6.28. The molecule has 0 saturated carbocycles. The highest BCUT2D eigenvalue weighted by Crippen LogP contribution is 2.12. The van der Waals surface area contributed by atoms with E-state index in [-0.39, 0.29) is 35.8 Å². The number of nitrogens with one attached hydrogen (secondary N) is 2. The van der Waals surface area contributed by atoms with Gasteiger partial charge in [0, 0.05) is 12.6 Å². The van der Waals surface area contributed by atoms with Gasteiger partial charge in [0.2, 0.25) is 0 Å². The fourth-order valence-corrected chi connectivity index (χ4v) is 3.53. The average Bonchev–Trinajstić information content (AvgIpc) is 2.52. The van der Waals surface area contributed by atoms with Crippen molar-refractivity contribution in [3.05, 3.63) is 43.0 Å². The van der Waals surface area contributed by atoms with Crippen LogP contribution in [0.1, 0.15) is 20.3 Å². The lowest BCUT2D eigenvalue weighted by Gasteiger charge is -2.20. The van der Waals surface area contributed by atoms with Gasteiger partial charge in [-0.15, -0.1) is 30.6 Å². The highest BCUT2D eigenvalue weighted by Gasteiger charge is 2.20. The average molecular weight is 451 g/mol. The molecule has 0 amide bonds. The minimum atomic E-state index is -3.32. The van der Waals surface area contributed by atoms with Crippen molar-refractivity contribution in [3.8, 4) is 0 Å². The van der Waals surface area contributed by atoms with Gasteiger partial charge in [0.1, 0.15) is 0 Å². The zero-order valence-electron chi connectivity index (χ0n) is 13.7. The topological polar surface area (TPSA) is 70.6 Å². The number of nitrogens with zero attached hydrogens (tertiary/aromatic N) is 1. The van der Waals surface area contributed by atoms with Gasteiger partial charge in [0.15, 0.2) is 15.8 Å². The second kappa shape index (κ2) is 11.4. The van der Waals surface area contributed by atoms with E-state index in [2.05, 4.69) is 22.2 Å². The van der Waals surface area contributed by atoms with Crippen molar-refractivity contribution in [1.82, 2.24) is 10.6 Å². The molecule has 0 bridgehead atoms. The second-order valence-corrected chi connectivity index (χ2v) is 6.89. The van der Waals surface area contributed by atoms with Crippen LogP contribution in [0.25, 0.3) is 0 Å². The van der Waals surface area contributed by atoms with Crippen LogP contribution in [-0.4, -0.2) is 39.3 Å². The Hall–Kier alpha value is -1.09. The predicted octanol–water partition coefficient (Wildman–Crippen LogP) is 2.60. The smallest absolute Gasteiger partial charge is 0.191 e. The first-order chi connectivity index (χ1) is 10.5. The van der Waals surface area contributed by atoms with Crippen molar-refractivity contribution < 1.29 is 8.42 Å². The van der Waals surface area contributed by atoms with Crippen molar-refractivity contribution in [1.29, 1.82) is 0 Å². The third-order valence-electron chi connectivity index (χ3n) is 3.08. The fraction of sp³-hybridized carbons (Fsp3) is 0.438. The lowest BCUT2D eigenvalue weighted by molar-refractivity contribution is 0.569. The molecule has 0 aromatic heterocycles. The first kappa shape index (κ1) is 21.9. The number of hydrogen-bond donors (Lipinski definition) is 2. The Bertz CT molecular complexity index is 589. The normalized spacial score (nSPS) is 12.9. The highest BCUT2D eigenvalue weighted by atomic mass is 127. The molecule has 1 atom stereocenters. The Labute approximate surface area is 156 Å². The van der Waals surface area contributed by atoms with Gasteiger partial charge in [-0.25, -0.2) is 13.4 Å². The summed E-state index contributed by atoms with van der Waals surface area (Å²) in [7, 11) is -3.32. The van der Waals surface area contributed by atoms with E-state index in [1.54, 1.807) is 36.4 Å². The molecule has 0 radical (unpaired) electrons. The first-order valence-corrected chi connectivity index (χ1v) is 9.12. The fourth-order valence-electron chi connectivity index (χ4n) is 1.92. The van der Waals surface area contributed by atoms with Crippen molar-refractivity contribution in [3.63, 3.8) is 0 Å². The molecule has 2 N–H and O–H groups in total. The minimum Gasteiger partial charge on any atom is -0.357 e. The number of sulfone groups is 1. The van der Waals surface area contributed by atoms with Crippen LogP contribution in [0.15, 0.2) is 52.9 Å². The van der Waals surface area contributed by atoms with E-state index in [4.69, 9.17) is 0 Å². The maximum absolute atomic E-state index is 12.4. The van der Waals surface area contributed by atoms with E-state index in [0.717, 1.165) is 0 Å². The van der Waals surface area contributed by atoms with Crippen LogP contribution < -0.4 is 10.6 Å². The molecule has 0 aliphatic heterocycles. The van der Waals surface area contributed by atoms with Crippen LogP contribution in [0, 0.1) is 0 Å². The molecule has 0 aliphatic rings. The standard InChI is InChI=1S/C16H25N3O2S.HI/c1-4-12-18-16(17-6-3)19-14(5-2)13-22(20,21)15-10-8-7-9-11-15;/h4,7-11,14H,1,5-6,12-13H2,2-3H3,(H2,17,18,19);1H. The number of rotatable bonds is 8. The first-order valence-electron chi connectivity index (χ1n) is 7.47. The van der Waals surface area contributed by atoms with Crippen molar-refractivity contribution in [2.24, 2.45) is 4.99 Å². The van der Waals surface area contributed by atoms with Crippen LogP contribution in [0.3, 0.4) is 0 Å². The Kier molecular flexibility index (Phi) is 10.9. The van der Waals surface area contributed by atoms with E-state index in [1.165, 1.54) is 0 Å². The van der Waals surface area contributed by atoms with Crippen molar-refractivity contribution >= 4 is 39.8 Å². The lowest BCUT2D eigenvalue weighted by Crippen LogP contribution is -2.46. The molecule has 0 fully saturated rings. The number of aliphatic imine (C=N–C) groups is 1. The maximum Gasteiger partial charge on any atom is 0.191 e. The highest BCUT2D eigenvalue weighted by molar-refractivity contribution is 14.0. The molecular weight excluding hydrogens is 425 g/mol. The van der Waals surface area contributed by atoms with Crippen LogP contribution in [-0.2, 0) is 9.84 Å². The summed E-state index contributed by atoms with van der Waals surface area (Å²) >= 11 is 0. The number of halogens is 1. The molecule has 7 heteroatoms. The third-order valence-corrected chi connectivity index (χ3v) is 4.91. The van der Waals surface area contributed by atoms with E-state index in [9.17, 15) is 8.42 Å². The summed E-state index contributed by atoms with van der Waals surface area (Å²) in [6.07, 6.45) is 2.38. The zero-order valence-corrected chi connectivity index (χ0v) is 16.8. The SMILES string of the molecule is C=CCN=C(NCC)NC(CC)CS(=O)(=O)c1ccccc1.I. The molecule has 1 unspecified atom stereocenters.